The maximum atomic E-state index is 13.2. The Bertz CT molecular complexity index is 1050. The van der Waals surface area contributed by atoms with Gasteiger partial charge in [-0.15, -0.1) is 0 Å². The van der Waals surface area contributed by atoms with Crippen LogP contribution in [0.15, 0.2) is 54.1 Å². The molecule has 2 aromatic rings. The van der Waals surface area contributed by atoms with Crippen molar-refractivity contribution in [2.45, 2.75) is 39.7 Å². The lowest BCUT2D eigenvalue weighted by atomic mass is 9.95. The highest BCUT2D eigenvalue weighted by atomic mass is 35.5. The number of likely N-dealkylation sites (tertiary alicyclic amines) is 1. The van der Waals surface area contributed by atoms with Crippen molar-refractivity contribution in [3.63, 3.8) is 0 Å². The fraction of sp³-hybridized carbons (Fsp3) is 0.407. The normalized spacial score (nSPS) is 17.6. The molecule has 7 heteroatoms. The van der Waals surface area contributed by atoms with E-state index in [2.05, 4.69) is 18.7 Å². The van der Waals surface area contributed by atoms with E-state index >= 15 is 0 Å². The molecule has 34 heavy (non-hydrogen) atoms. The lowest BCUT2D eigenvalue weighted by molar-refractivity contribution is -0.140. The summed E-state index contributed by atoms with van der Waals surface area (Å²) in [7, 11) is 0. The van der Waals surface area contributed by atoms with Gasteiger partial charge in [0.1, 0.15) is 11.5 Å². The third-order valence-corrected chi connectivity index (χ3v) is 6.29. The van der Waals surface area contributed by atoms with Gasteiger partial charge in [0.15, 0.2) is 0 Å². The minimum Gasteiger partial charge on any atom is -0.507 e. The molecule has 1 saturated heterocycles. The molecule has 0 spiro atoms. The Morgan fingerprint density at radius 2 is 1.82 bits per heavy atom. The molecule has 0 aromatic heterocycles. The quantitative estimate of drug-likeness (QED) is 0.267. The number of rotatable bonds is 11. The highest BCUT2D eigenvalue weighted by Gasteiger charge is 2.45. The lowest BCUT2D eigenvalue weighted by Gasteiger charge is -2.27. The Labute approximate surface area is 206 Å². The molecule has 1 amide bonds. The molecule has 1 fully saturated rings. The Balaban J connectivity index is 2.02. The summed E-state index contributed by atoms with van der Waals surface area (Å²) in [6.07, 6.45) is 1.57. The Morgan fingerprint density at radius 3 is 2.50 bits per heavy atom. The fourth-order valence-electron chi connectivity index (χ4n) is 4.25. The van der Waals surface area contributed by atoms with Crippen molar-refractivity contribution in [2.24, 2.45) is 0 Å². The molecular formula is C27H33ClN2O4. The molecule has 2 aromatic carbocycles. The summed E-state index contributed by atoms with van der Waals surface area (Å²) in [5.41, 5.74) is 1.19. The van der Waals surface area contributed by atoms with Gasteiger partial charge in [0.05, 0.1) is 18.2 Å². The van der Waals surface area contributed by atoms with Crippen molar-refractivity contribution in [1.82, 2.24) is 9.80 Å². The summed E-state index contributed by atoms with van der Waals surface area (Å²) in [5, 5.41) is 11.8. The second kappa shape index (κ2) is 12.0. The average molecular weight is 485 g/mol. The predicted molar refractivity (Wildman–Crippen MR) is 135 cm³/mol. The number of aliphatic hydroxyl groups excluding tert-OH is 1. The number of aliphatic hydroxyl groups is 1. The van der Waals surface area contributed by atoms with Gasteiger partial charge in [-0.05, 0) is 62.3 Å². The number of amides is 1. The van der Waals surface area contributed by atoms with Gasteiger partial charge in [0.2, 0.25) is 0 Å². The number of carbonyl (C=O) groups excluding carboxylic acids is 2. The standard InChI is InChI=1S/C27H33ClN2O4/c1-4-16-34-22-13-8-11-20(18-22)25(31)23-24(19-10-7-12-21(28)17-19)30(27(33)26(23)32)15-9-14-29(5-2)6-3/h7-8,10-13,17-18,24,31H,4-6,9,14-16H2,1-3H3. The Kier molecular flexibility index (Phi) is 9.13. The van der Waals surface area contributed by atoms with E-state index in [1.807, 2.05) is 13.0 Å². The lowest BCUT2D eigenvalue weighted by Crippen LogP contribution is -2.33. The fourth-order valence-corrected chi connectivity index (χ4v) is 4.45. The van der Waals surface area contributed by atoms with Gasteiger partial charge in [-0.25, -0.2) is 0 Å². The second-order valence-electron chi connectivity index (χ2n) is 8.30. The van der Waals surface area contributed by atoms with Gasteiger partial charge < -0.3 is 19.6 Å². The second-order valence-corrected chi connectivity index (χ2v) is 8.74. The number of halogens is 1. The molecule has 0 aliphatic carbocycles. The largest absolute Gasteiger partial charge is 0.507 e. The van der Waals surface area contributed by atoms with Crippen LogP contribution >= 0.6 is 11.6 Å². The summed E-state index contributed by atoms with van der Waals surface area (Å²) in [4.78, 5) is 30.1. The number of benzene rings is 2. The zero-order valence-electron chi connectivity index (χ0n) is 20.1. The smallest absolute Gasteiger partial charge is 0.295 e. The van der Waals surface area contributed by atoms with Crippen LogP contribution in [0.4, 0.5) is 0 Å². The number of ether oxygens (including phenoxy) is 1. The molecule has 1 heterocycles. The predicted octanol–water partition coefficient (Wildman–Crippen LogP) is 5.28. The first-order chi connectivity index (χ1) is 16.4. The number of hydrogen-bond acceptors (Lipinski definition) is 5. The van der Waals surface area contributed by atoms with Crippen LogP contribution in [-0.4, -0.2) is 59.4 Å². The van der Waals surface area contributed by atoms with Gasteiger partial charge in [-0.1, -0.05) is 56.6 Å². The van der Waals surface area contributed by atoms with Gasteiger partial charge in [0.25, 0.3) is 11.7 Å². The maximum Gasteiger partial charge on any atom is 0.295 e. The first-order valence-electron chi connectivity index (χ1n) is 11.9. The first-order valence-corrected chi connectivity index (χ1v) is 12.3. The zero-order chi connectivity index (χ0) is 24.7. The van der Waals surface area contributed by atoms with E-state index in [1.54, 1.807) is 47.4 Å². The van der Waals surface area contributed by atoms with Crippen molar-refractivity contribution in [2.75, 3.05) is 32.8 Å². The number of nitrogens with zero attached hydrogens (tertiary/aromatic N) is 2. The number of carbonyl (C=O) groups is 2. The van der Waals surface area contributed by atoms with Crippen molar-refractivity contribution < 1.29 is 19.4 Å². The molecule has 1 N–H and O–H groups in total. The number of Topliss-reactive ketones (excluding diaryl/α,β-unsaturated/α-hetero) is 1. The Hall–Kier alpha value is -2.83. The molecule has 1 aliphatic heterocycles. The summed E-state index contributed by atoms with van der Waals surface area (Å²) in [6.45, 7) is 9.80. The summed E-state index contributed by atoms with van der Waals surface area (Å²) >= 11 is 6.25. The SMILES string of the molecule is CCCOc1cccc(C(O)=C2C(=O)C(=O)N(CCCN(CC)CC)C2c2cccc(Cl)c2)c1. The number of hydrogen-bond donors (Lipinski definition) is 1. The molecular weight excluding hydrogens is 452 g/mol. The van der Waals surface area contributed by atoms with Crippen molar-refractivity contribution in [3.05, 3.63) is 70.3 Å². The van der Waals surface area contributed by atoms with E-state index in [0.717, 1.165) is 26.1 Å². The highest BCUT2D eigenvalue weighted by molar-refractivity contribution is 6.46. The molecule has 182 valence electrons. The number of ketones is 1. The van der Waals surface area contributed by atoms with Gasteiger partial charge >= 0.3 is 0 Å². The van der Waals surface area contributed by atoms with Gasteiger partial charge in [-0.3, -0.25) is 9.59 Å². The van der Waals surface area contributed by atoms with E-state index in [1.165, 1.54) is 0 Å². The maximum absolute atomic E-state index is 13.2. The van der Waals surface area contributed by atoms with Crippen LogP contribution in [0.1, 0.15) is 50.8 Å². The summed E-state index contributed by atoms with van der Waals surface area (Å²) in [5.74, 6) is -0.912. The van der Waals surface area contributed by atoms with E-state index < -0.39 is 17.7 Å². The molecule has 1 unspecified atom stereocenters. The van der Waals surface area contributed by atoms with Crippen LogP contribution in [0.2, 0.25) is 5.02 Å². The van der Waals surface area contributed by atoms with Crippen LogP contribution in [0.5, 0.6) is 5.75 Å². The van der Waals surface area contributed by atoms with Crippen LogP contribution < -0.4 is 4.74 Å². The van der Waals surface area contributed by atoms with Gasteiger partial charge in [0, 0.05) is 17.1 Å². The molecule has 3 rings (SSSR count). The van der Waals surface area contributed by atoms with E-state index in [-0.39, 0.29) is 11.3 Å². The molecule has 0 radical (unpaired) electrons. The molecule has 0 saturated carbocycles. The van der Waals surface area contributed by atoms with Crippen LogP contribution in [0.3, 0.4) is 0 Å². The minimum absolute atomic E-state index is 0.0720. The van der Waals surface area contributed by atoms with E-state index in [0.29, 0.717) is 41.5 Å². The van der Waals surface area contributed by atoms with Crippen LogP contribution in [-0.2, 0) is 9.59 Å². The van der Waals surface area contributed by atoms with Crippen molar-refractivity contribution in [1.29, 1.82) is 0 Å². The summed E-state index contributed by atoms with van der Waals surface area (Å²) < 4.78 is 5.68. The average Bonchev–Trinajstić information content (AvgIpc) is 3.10. The van der Waals surface area contributed by atoms with Gasteiger partial charge in [-0.2, -0.15) is 0 Å². The molecule has 0 bridgehead atoms. The highest BCUT2D eigenvalue weighted by Crippen LogP contribution is 2.40. The topological polar surface area (TPSA) is 70.1 Å². The molecule has 1 atom stereocenters. The third-order valence-electron chi connectivity index (χ3n) is 6.05. The van der Waals surface area contributed by atoms with Crippen molar-refractivity contribution >= 4 is 29.1 Å². The minimum atomic E-state index is -0.712. The van der Waals surface area contributed by atoms with Crippen LogP contribution in [0.25, 0.3) is 5.76 Å². The van der Waals surface area contributed by atoms with Crippen molar-refractivity contribution in [3.8, 4) is 5.75 Å². The molecule has 1 aliphatic rings. The monoisotopic (exact) mass is 484 g/mol. The third kappa shape index (κ3) is 5.80. The zero-order valence-corrected chi connectivity index (χ0v) is 20.8. The van der Waals surface area contributed by atoms with E-state index in [9.17, 15) is 14.7 Å². The summed E-state index contributed by atoms with van der Waals surface area (Å²) in [6, 6.07) is 13.3. The molecule has 6 nitrogen and oxygen atoms in total. The first kappa shape index (κ1) is 25.8. The van der Waals surface area contributed by atoms with E-state index in [4.69, 9.17) is 16.3 Å². The van der Waals surface area contributed by atoms with Crippen LogP contribution in [0, 0.1) is 0 Å². The Morgan fingerprint density at radius 1 is 1.09 bits per heavy atom.